The third-order valence-corrected chi connectivity index (χ3v) is 9.92. The van der Waals surface area contributed by atoms with E-state index in [0.717, 1.165) is 21.6 Å². The van der Waals surface area contributed by atoms with Gasteiger partial charge in [0.15, 0.2) is 0 Å². The number of aromatic nitrogens is 2. The van der Waals surface area contributed by atoms with Gasteiger partial charge in [0.05, 0.1) is 42.5 Å². The van der Waals surface area contributed by atoms with Gasteiger partial charge in [0.25, 0.3) is 5.56 Å². The number of methoxy groups -OCH3 is 1. The molecule has 12 nitrogen and oxygen atoms in total. The van der Waals surface area contributed by atoms with E-state index in [4.69, 9.17) is 21.1 Å². The maximum atomic E-state index is 14.5. The molecule has 0 bridgehead atoms. The monoisotopic (exact) mass is 682 g/mol. The van der Waals surface area contributed by atoms with Crippen LogP contribution in [-0.4, -0.2) is 89.0 Å². The number of hydrogen-bond donors (Lipinski definition) is 2. The number of fused-ring (bicyclic) bond motifs is 1. The van der Waals surface area contributed by atoms with E-state index in [1.807, 2.05) is 30.0 Å². The molecular weight excluding hydrogens is 643 g/mol. The normalized spacial score (nSPS) is 18.4. The first kappa shape index (κ1) is 33.7. The average molecular weight is 683 g/mol. The highest BCUT2D eigenvalue weighted by Crippen LogP contribution is 2.29. The van der Waals surface area contributed by atoms with Crippen molar-refractivity contribution in [2.45, 2.75) is 57.3 Å². The Hall–Kier alpha value is -4.20. The van der Waals surface area contributed by atoms with Gasteiger partial charge >= 0.3 is 11.7 Å². The smallest absolute Gasteiger partial charge is 0.331 e. The Morgan fingerprint density at radius 1 is 1.15 bits per heavy atom. The minimum atomic E-state index is -0.703. The quantitative estimate of drug-likeness (QED) is 0.354. The fraction of sp³-hybridized carbons (Fsp3) is 0.471. The summed E-state index contributed by atoms with van der Waals surface area (Å²) in [5.41, 5.74) is 0.361. The number of hydrogen-bond acceptors (Lipinski definition) is 7. The van der Waals surface area contributed by atoms with E-state index in [0.29, 0.717) is 58.7 Å². The first-order valence-corrected chi connectivity index (χ1v) is 16.5. The molecule has 0 spiro atoms. The predicted octanol–water partition coefficient (Wildman–Crippen LogP) is 3.50. The van der Waals surface area contributed by atoms with Crippen molar-refractivity contribution < 1.29 is 23.5 Å². The van der Waals surface area contributed by atoms with Gasteiger partial charge in [-0.25, -0.2) is 14.0 Å². The number of likely N-dealkylation sites (tertiary alicyclic amines) is 1. The number of carbonyl (C=O) groups is 2. The number of anilines is 1. The van der Waals surface area contributed by atoms with Gasteiger partial charge in [-0.1, -0.05) is 23.7 Å². The number of nitrogens with one attached hydrogen (secondary N) is 2. The summed E-state index contributed by atoms with van der Waals surface area (Å²) in [5, 5.41) is 6.11. The highest BCUT2D eigenvalue weighted by atomic mass is 35.5. The second kappa shape index (κ2) is 13.7. The molecule has 2 N–H and O–H groups in total. The van der Waals surface area contributed by atoms with Crippen LogP contribution in [0, 0.1) is 5.82 Å². The highest BCUT2D eigenvalue weighted by Gasteiger charge is 2.34. The van der Waals surface area contributed by atoms with Crippen molar-refractivity contribution in [3.63, 3.8) is 0 Å². The van der Waals surface area contributed by atoms with Gasteiger partial charge in [0, 0.05) is 49.7 Å². The number of amides is 3. The molecule has 6 rings (SSSR count). The summed E-state index contributed by atoms with van der Waals surface area (Å²) >= 11 is 6.29. The summed E-state index contributed by atoms with van der Waals surface area (Å²) in [4.78, 5) is 57.8. The van der Waals surface area contributed by atoms with Crippen LogP contribution >= 0.6 is 11.6 Å². The van der Waals surface area contributed by atoms with Crippen LogP contribution < -0.4 is 26.6 Å². The van der Waals surface area contributed by atoms with E-state index in [2.05, 4.69) is 10.6 Å². The second-order valence-corrected chi connectivity index (χ2v) is 13.4. The number of benzene rings is 2. The highest BCUT2D eigenvalue weighted by molar-refractivity contribution is 6.33. The zero-order valence-corrected chi connectivity index (χ0v) is 28.0. The molecule has 0 aliphatic carbocycles. The standard InChI is InChI=1S/C34H40ClFN6O6/c1-21(16-37-34(2)19-48-20-34)42-31(44)26(25-5-4-6-27(36)30(25)35)17-40(33(42)46)18-29(43)39-12-10-23(11-13-39)41-14-9-22-15-24(47-3)7-8-28(22)38-32(41)45/h4-8,15,17,21,23,37H,9-14,16,18-20H2,1-3H3,(H,38,45)/t21-/m0/s1. The van der Waals surface area contributed by atoms with Gasteiger partial charge in [0.1, 0.15) is 18.1 Å². The number of halogens is 2. The van der Waals surface area contributed by atoms with Crippen molar-refractivity contribution in [3.05, 3.63) is 79.8 Å². The Morgan fingerprint density at radius 3 is 2.58 bits per heavy atom. The van der Waals surface area contributed by atoms with Gasteiger partial charge in [-0.3, -0.25) is 18.7 Å². The van der Waals surface area contributed by atoms with E-state index in [1.54, 1.807) is 18.9 Å². The topological polar surface area (TPSA) is 127 Å². The van der Waals surface area contributed by atoms with Crippen molar-refractivity contribution in [2.75, 3.05) is 51.8 Å². The first-order valence-electron chi connectivity index (χ1n) is 16.1. The zero-order valence-electron chi connectivity index (χ0n) is 27.3. The lowest BCUT2D eigenvalue weighted by atomic mass is 10.0. The number of nitrogens with zero attached hydrogens (tertiary/aromatic N) is 4. The van der Waals surface area contributed by atoms with E-state index < -0.39 is 23.1 Å². The average Bonchev–Trinajstić information content (AvgIpc) is 3.23. The summed E-state index contributed by atoms with van der Waals surface area (Å²) < 4.78 is 27.4. The molecule has 48 heavy (non-hydrogen) atoms. The van der Waals surface area contributed by atoms with Crippen LogP contribution in [0.3, 0.4) is 0 Å². The van der Waals surface area contributed by atoms with Crippen LogP contribution in [0.4, 0.5) is 14.9 Å². The van der Waals surface area contributed by atoms with Crippen LogP contribution in [0.15, 0.2) is 52.2 Å². The molecule has 2 saturated heterocycles. The first-order chi connectivity index (χ1) is 23.0. The van der Waals surface area contributed by atoms with Crippen molar-refractivity contribution in [1.82, 2.24) is 24.3 Å². The molecule has 2 aromatic carbocycles. The van der Waals surface area contributed by atoms with Crippen molar-refractivity contribution in [3.8, 4) is 16.9 Å². The van der Waals surface area contributed by atoms with E-state index in [9.17, 15) is 23.6 Å². The van der Waals surface area contributed by atoms with Gasteiger partial charge in [0.2, 0.25) is 5.91 Å². The molecule has 4 heterocycles. The molecule has 3 aliphatic heterocycles. The molecule has 0 unspecified atom stereocenters. The third kappa shape index (κ3) is 6.71. The Kier molecular flexibility index (Phi) is 9.64. The number of ether oxygens (including phenoxy) is 2. The summed E-state index contributed by atoms with van der Waals surface area (Å²) in [7, 11) is 1.61. The second-order valence-electron chi connectivity index (χ2n) is 13.0. The molecule has 256 valence electrons. The van der Waals surface area contributed by atoms with Crippen LogP contribution in [0.2, 0.25) is 5.02 Å². The van der Waals surface area contributed by atoms with Crippen LogP contribution in [-0.2, 0) is 22.5 Å². The maximum absolute atomic E-state index is 14.5. The van der Waals surface area contributed by atoms with Gasteiger partial charge in [-0.2, -0.15) is 0 Å². The molecule has 0 saturated carbocycles. The third-order valence-electron chi connectivity index (χ3n) is 9.53. The van der Waals surface area contributed by atoms with Crippen LogP contribution in [0.5, 0.6) is 5.75 Å². The number of rotatable bonds is 9. The van der Waals surface area contributed by atoms with Crippen LogP contribution in [0.25, 0.3) is 11.1 Å². The fourth-order valence-electron chi connectivity index (χ4n) is 6.59. The molecule has 3 aliphatic rings. The summed E-state index contributed by atoms with van der Waals surface area (Å²) in [6, 6.07) is 8.89. The Bertz CT molecular complexity index is 1830. The molecule has 0 radical (unpaired) electrons. The Balaban J connectivity index is 1.19. The lowest BCUT2D eigenvalue weighted by Crippen LogP contribution is -2.59. The Labute approximate surface area is 282 Å². The van der Waals surface area contributed by atoms with Gasteiger partial charge in [-0.15, -0.1) is 0 Å². The summed E-state index contributed by atoms with van der Waals surface area (Å²) in [5.74, 6) is -0.277. The SMILES string of the molecule is COc1ccc2c(c1)CCN(C1CCN(C(=O)Cn3cc(-c4cccc(F)c4Cl)c(=O)n([C@@H](C)CNC4(C)COC4)c3=O)CC1)C(=O)N2. The molecule has 2 fully saturated rings. The molecular formula is C34H40ClFN6O6. The summed E-state index contributed by atoms with van der Waals surface area (Å²) in [6.07, 6.45) is 3.11. The molecule has 3 aromatic rings. The van der Waals surface area contributed by atoms with Gasteiger partial charge in [-0.05, 0) is 62.9 Å². The summed E-state index contributed by atoms with van der Waals surface area (Å²) in [6.45, 7) is 6.04. The van der Waals surface area contributed by atoms with E-state index in [-0.39, 0.29) is 46.2 Å². The van der Waals surface area contributed by atoms with Crippen molar-refractivity contribution in [2.24, 2.45) is 0 Å². The van der Waals surface area contributed by atoms with Gasteiger partial charge < -0.3 is 29.9 Å². The minimum Gasteiger partial charge on any atom is -0.497 e. The zero-order chi connectivity index (χ0) is 34.2. The molecule has 14 heteroatoms. The maximum Gasteiger partial charge on any atom is 0.331 e. The van der Waals surface area contributed by atoms with E-state index in [1.165, 1.54) is 29.0 Å². The largest absolute Gasteiger partial charge is 0.497 e. The van der Waals surface area contributed by atoms with Crippen LogP contribution in [0.1, 0.15) is 38.3 Å². The van der Waals surface area contributed by atoms with Crippen molar-refractivity contribution in [1.29, 1.82) is 0 Å². The fourth-order valence-corrected chi connectivity index (χ4v) is 6.82. The molecule has 1 atom stereocenters. The molecule has 1 aromatic heterocycles. The lowest BCUT2D eigenvalue weighted by Gasteiger charge is -2.39. The van der Waals surface area contributed by atoms with Crippen molar-refractivity contribution >= 4 is 29.2 Å². The minimum absolute atomic E-state index is 0.0152. The number of carbonyl (C=O) groups excluding carboxylic acids is 2. The number of urea groups is 1. The molecule has 3 amide bonds. The number of piperidine rings is 1. The Morgan fingerprint density at radius 2 is 1.90 bits per heavy atom. The van der Waals surface area contributed by atoms with E-state index >= 15 is 0 Å². The lowest BCUT2D eigenvalue weighted by molar-refractivity contribution is -0.133. The predicted molar refractivity (Wildman–Crippen MR) is 179 cm³/mol.